The van der Waals surface area contributed by atoms with Crippen LogP contribution in [-0.2, 0) is 28.9 Å². The van der Waals surface area contributed by atoms with Gasteiger partial charge in [0.2, 0.25) is 0 Å². The molecule has 0 atom stereocenters. The van der Waals surface area contributed by atoms with Crippen LogP contribution < -0.4 is 5.73 Å². The molecule has 0 aliphatic rings. The second-order valence-corrected chi connectivity index (χ2v) is 18.0. The maximum Gasteiger partial charge on any atom is 0.303 e. The number of aryl methyl sites for hydroxylation is 3. The number of H-pyrrole nitrogens is 1. The molecular weight excluding hydrogens is 861 g/mol. The van der Waals surface area contributed by atoms with Gasteiger partial charge >= 0.3 is 5.97 Å². The monoisotopic (exact) mass is 973 g/mol. The van der Waals surface area contributed by atoms with Crippen LogP contribution in [-0.4, -0.2) is 57.2 Å². The topological polar surface area (TPSA) is 137 Å². The SMILES string of the molecule is CC.CC(C)C.CCC(C)C.CCC(C)C.CCCCC(=O)CN.CCCCC(=O)O.CCCO.CCCSC.CCc1c[nH]c2ccccc12.CCc1ccc(O)cc1.CCc1ccccc1. The van der Waals surface area contributed by atoms with Gasteiger partial charge in [0.25, 0.3) is 0 Å². The Hall–Kier alpha value is -3.59. The summed E-state index contributed by atoms with van der Waals surface area (Å²) in [4.78, 5) is 23.4. The average molecular weight is 974 g/mol. The predicted molar refractivity (Wildman–Crippen MR) is 310 cm³/mol. The van der Waals surface area contributed by atoms with Crippen molar-refractivity contribution in [2.24, 2.45) is 23.5 Å². The first-order valence-corrected chi connectivity index (χ1v) is 27.7. The number of carboxylic acids is 1. The summed E-state index contributed by atoms with van der Waals surface area (Å²) >= 11 is 1.90. The van der Waals surface area contributed by atoms with Crippen LogP contribution in [0.15, 0.2) is 85.1 Å². The Balaban J connectivity index is -0.000000123. The van der Waals surface area contributed by atoms with E-state index in [1.807, 2.05) is 57.7 Å². The number of nitrogens with two attached hydrogens (primary N) is 1. The van der Waals surface area contributed by atoms with Gasteiger partial charge in [-0.05, 0) is 110 Å². The number of carbonyl (C=O) groups is 2. The van der Waals surface area contributed by atoms with Crippen molar-refractivity contribution < 1.29 is 24.9 Å². The largest absolute Gasteiger partial charge is 0.508 e. The highest BCUT2D eigenvalue weighted by Crippen LogP contribution is 2.17. The molecule has 0 amide bonds. The highest BCUT2D eigenvalue weighted by Gasteiger charge is 1.98. The normalized spacial score (nSPS) is 9.12. The van der Waals surface area contributed by atoms with Crippen LogP contribution in [0.4, 0.5) is 0 Å². The Morgan fingerprint density at radius 3 is 1.32 bits per heavy atom. The first kappa shape index (κ1) is 78.6. The Bertz CT molecular complexity index is 1490. The molecule has 0 unspecified atom stereocenters. The van der Waals surface area contributed by atoms with Crippen LogP contribution in [0.2, 0.25) is 0 Å². The fraction of sp³-hybridized carbons (Fsp3) is 0.633. The second-order valence-electron chi connectivity index (χ2n) is 17.0. The van der Waals surface area contributed by atoms with Crippen LogP contribution in [0.1, 0.15) is 206 Å². The van der Waals surface area contributed by atoms with Gasteiger partial charge in [0, 0.05) is 36.5 Å². The zero-order chi connectivity index (χ0) is 54.0. The van der Waals surface area contributed by atoms with Crippen molar-refractivity contribution in [3.63, 3.8) is 0 Å². The van der Waals surface area contributed by atoms with Crippen LogP contribution >= 0.6 is 11.8 Å². The number of aromatic hydroxyl groups is 1. The smallest absolute Gasteiger partial charge is 0.303 e. The highest BCUT2D eigenvalue weighted by molar-refractivity contribution is 7.98. The molecule has 0 aliphatic carbocycles. The van der Waals surface area contributed by atoms with Crippen molar-refractivity contribution in [1.82, 2.24) is 4.98 Å². The van der Waals surface area contributed by atoms with Crippen LogP contribution in [0.5, 0.6) is 5.75 Å². The number of rotatable bonds is 15. The molecule has 7 nitrogen and oxygen atoms in total. The number of carboxylic acid groups (broad SMARTS) is 1. The van der Waals surface area contributed by atoms with Crippen molar-refractivity contribution >= 4 is 34.4 Å². The summed E-state index contributed by atoms with van der Waals surface area (Å²) in [7, 11) is 0. The van der Waals surface area contributed by atoms with E-state index in [0.717, 1.165) is 69.1 Å². The molecule has 0 radical (unpaired) electrons. The Labute approximate surface area is 426 Å². The third-order valence-corrected chi connectivity index (χ3v) is 9.51. The molecule has 0 spiro atoms. The lowest BCUT2D eigenvalue weighted by molar-refractivity contribution is -0.137. The van der Waals surface area contributed by atoms with Crippen molar-refractivity contribution in [1.29, 1.82) is 0 Å². The fourth-order valence-electron chi connectivity index (χ4n) is 3.88. The number of aliphatic hydroxyl groups is 1. The number of aliphatic carboxylic acids is 1. The molecule has 4 aromatic rings. The van der Waals surface area contributed by atoms with E-state index in [1.165, 1.54) is 52.6 Å². The summed E-state index contributed by atoms with van der Waals surface area (Å²) < 4.78 is 0. The van der Waals surface area contributed by atoms with Gasteiger partial charge < -0.3 is 26.0 Å². The molecule has 68 heavy (non-hydrogen) atoms. The number of carbonyl (C=O) groups excluding carboxylic acids is 1. The molecule has 8 heteroatoms. The predicted octanol–water partition coefficient (Wildman–Crippen LogP) is 17.8. The minimum Gasteiger partial charge on any atom is -0.508 e. The average Bonchev–Trinajstić information content (AvgIpc) is 3.78. The molecule has 0 saturated heterocycles. The summed E-state index contributed by atoms with van der Waals surface area (Å²) in [6, 6.07) is 26.1. The van der Waals surface area contributed by atoms with Crippen molar-refractivity contribution in [3.05, 3.63) is 102 Å². The molecule has 0 aliphatic heterocycles. The number of Topliss-reactive ketones (excluding diaryl/α,β-unsaturated/α-hetero) is 1. The van der Waals surface area contributed by atoms with Gasteiger partial charge in [-0.25, -0.2) is 0 Å². The van der Waals surface area contributed by atoms with Crippen LogP contribution in [0, 0.1) is 17.8 Å². The number of hydrogen-bond donors (Lipinski definition) is 5. The Morgan fingerprint density at radius 1 is 0.618 bits per heavy atom. The molecular formula is C60H112N2O5S. The van der Waals surface area contributed by atoms with Gasteiger partial charge in [-0.15, -0.1) is 0 Å². The van der Waals surface area contributed by atoms with Crippen molar-refractivity contribution in [3.8, 4) is 5.75 Å². The molecule has 1 aromatic heterocycles. The summed E-state index contributed by atoms with van der Waals surface area (Å²) in [5, 5.41) is 26.1. The molecule has 4 rings (SSSR count). The summed E-state index contributed by atoms with van der Waals surface area (Å²) in [5.74, 6) is 3.73. The van der Waals surface area contributed by atoms with Gasteiger partial charge in [0.1, 0.15) is 11.5 Å². The van der Waals surface area contributed by atoms with E-state index in [-0.39, 0.29) is 12.3 Å². The van der Waals surface area contributed by atoms with Crippen molar-refractivity contribution in [2.45, 2.75) is 208 Å². The number of para-hydroxylation sites is 1. The van der Waals surface area contributed by atoms with Gasteiger partial charge in [0.15, 0.2) is 0 Å². The number of ketones is 1. The molecule has 0 fully saturated rings. The first-order valence-electron chi connectivity index (χ1n) is 26.3. The third-order valence-electron chi connectivity index (χ3n) is 8.70. The van der Waals surface area contributed by atoms with Crippen molar-refractivity contribution in [2.75, 3.05) is 25.2 Å². The molecule has 6 N–H and O–H groups in total. The van der Waals surface area contributed by atoms with E-state index in [1.54, 1.807) is 12.1 Å². The lowest BCUT2D eigenvalue weighted by Crippen LogP contribution is -2.12. The number of aromatic amines is 1. The minimum atomic E-state index is -0.693. The van der Waals surface area contributed by atoms with E-state index in [4.69, 9.17) is 21.1 Å². The summed E-state index contributed by atoms with van der Waals surface area (Å²) in [6.45, 7) is 38.9. The van der Waals surface area contributed by atoms with E-state index < -0.39 is 5.97 Å². The lowest BCUT2D eigenvalue weighted by atomic mass is 10.1. The van der Waals surface area contributed by atoms with E-state index >= 15 is 0 Å². The maximum absolute atomic E-state index is 10.4. The van der Waals surface area contributed by atoms with E-state index in [9.17, 15) is 9.59 Å². The third kappa shape index (κ3) is 71.4. The van der Waals surface area contributed by atoms with Crippen LogP contribution in [0.3, 0.4) is 0 Å². The molecule has 398 valence electrons. The number of nitrogens with one attached hydrogen (secondary N) is 1. The zero-order valence-corrected chi connectivity index (χ0v) is 48.6. The van der Waals surface area contributed by atoms with Gasteiger partial charge in [-0.3, -0.25) is 9.59 Å². The van der Waals surface area contributed by atoms with E-state index in [2.05, 4.69) is 163 Å². The minimum absolute atomic E-state index is 0.173. The number of benzene rings is 3. The number of thioether (sulfide) groups is 1. The highest BCUT2D eigenvalue weighted by atomic mass is 32.2. The van der Waals surface area contributed by atoms with E-state index in [0.29, 0.717) is 25.2 Å². The number of aromatic nitrogens is 1. The molecule has 0 saturated carbocycles. The number of hydrogen-bond acceptors (Lipinski definition) is 6. The standard InChI is InChI=1S/C10H11N.C8H10O.C8H10.C6H13NO.C5H10O2.2C5H12.C4H10S.C4H10.C3H8O.C2H6/c1-2-8-7-11-10-6-4-3-5-9(8)10;1-2-7-3-5-8(9)6-4-7;1-2-8-6-4-3-5-7-8;1-2-3-4-6(8)5-7;1-2-3-4-5(6)7;2*1-4-5(2)3;1-3-4-5-2;1-4(2)3;1-2-3-4;1-2/h3-7,11H,2H2,1H3;3-6,9H,2H2,1H3;3-7H,2H2,1H3;2-5,7H2,1H3;2-4H2,1H3,(H,6,7);2*5H,4H2,1-3H3;3-4H2,1-2H3;4H,1-3H3;4H,2-3H2,1H3;1-2H3. The van der Waals surface area contributed by atoms with Crippen LogP contribution in [0.25, 0.3) is 10.9 Å². The Kier molecular flexibility index (Phi) is 75.7. The lowest BCUT2D eigenvalue weighted by Gasteiger charge is -1.93. The maximum atomic E-state index is 10.4. The number of phenols is 1. The number of unbranched alkanes of at least 4 members (excludes halogenated alkanes) is 2. The first-order chi connectivity index (χ1) is 32.4. The number of phenolic OH excluding ortho intramolecular Hbond substituents is 1. The van der Waals surface area contributed by atoms with Gasteiger partial charge in [-0.1, -0.05) is 211 Å². The molecule has 0 bridgehead atoms. The second kappa shape index (κ2) is 65.5. The summed E-state index contributed by atoms with van der Waals surface area (Å²) in [6.07, 6.45) is 17.1. The fourth-order valence-corrected chi connectivity index (χ4v) is 4.29. The zero-order valence-electron chi connectivity index (χ0n) is 47.8. The number of fused-ring (bicyclic) bond motifs is 1. The Morgan fingerprint density at radius 2 is 1.03 bits per heavy atom. The van der Waals surface area contributed by atoms with Gasteiger partial charge in [0.05, 0.1) is 6.54 Å². The summed E-state index contributed by atoms with van der Waals surface area (Å²) in [5.41, 5.74) is 10.4. The number of aliphatic hydroxyl groups excluding tert-OH is 1. The molecule has 3 aromatic carbocycles. The molecule has 1 heterocycles. The van der Waals surface area contributed by atoms with Gasteiger partial charge in [-0.2, -0.15) is 11.8 Å². The quantitative estimate of drug-likeness (QED) is 0.0800.